The van der Waals surface area contributed by atoms with E-state index >= 15 is 0 Å². The first-order valence-electron chi connectivity index (χ1n) is 5.22. The molecular weight excluding hydrogens is 210 g/mol. The van der Waals surface area contributed by atoms with Gasteiger partial charge in [-0.2, -0.15) is 0 Å². The van der Waals surface area contributed by atoms with Gasteiger partial charge in [-0.15, -0.1) is 0 Å². The number of hydrogen-bond acceptors (Lipinski definition) is 2. The summed E-state index contributed by atoms with van der Waals surface area (Å²) in [6.07, 6.45) is 2.13. The summed E-state index contributed by atoms with van der Waals surface area (Å²) in [6.45, 7) is 3.96. The first-order valence-corrected chi connectivity index (χ1v) is 5.60. The highest BCUT2D eigenvalue weighted by molar-refractivity contribution is 6.33. The molecule has 1 atom stereocenters. The molecule has 1 aliphatic rings. The first-order chi connectivity index (χ1) is 6.97. The van der Waals surface area contributed by atoms with Crippen molar-refractivity contribution < 1.29 is 5.11 Å². The summed E-state index contributed by atoms with van der Waals surface area (Å²) >= 11 is 6.13. The standard InChI is InChI=1S/C12H16ClNO/c1-7-5-9(11(13)10(15)6-7)12(3-4-12)8(2)14/h5-6,8,15H,3-4,14H2,1-2H3. The van der Waals surface area contributed by atoms with E-state index in [1.54, 1.807) is 6.07 Å². The van der Waals surface area contributed by atoms with Crippen LogP contribution in [0.3, 0.4) is 0 Å². The fraction of sp³-hybridized carbons (Fsp3) is 0.500. The Kier molecular flexibility index (Phi) is 2.44. The third-order valence-electron chi connectivity index (χ3n) is 3.39. The van der Waals surface area contributed by atoms with Gasteiger partial charge in [0, 0.05) is 11.5 Å². The van der Waals surface area contributed by atoms with Crippen LogP contribution in [0.5, 0.6) is 5.75 Å². The Balaban J connectivity index is 2.53. The average molecular weight is 226 g/mol. The minimum Gasteiger partial charge on any atom is -0.506 e. The molecule has 1 saturated carbocycles. The van der Waals surface area contributed by atoms with Crippen LogP contribution in [0.2, 0.25) is 5.02 Å². The molecule has 1 aromatic carbocycles. The largest absolute Gasteiger partial charge is 0.506 e. The van der Waals surface area contributed by atoms with E-state index in [1.165, 1.54) is 0 Å². The third-order valence-corrected chi connectivity index (χ3v) is 3.79. The van der Waals surface area contributed by atoms with Gasteiger partial charge in [0.2, 0.25) is 0 Å². The lowest BCUT2D eigenvalue weighted by molar-refractivity contribution is 0.471. The molecule has 82 valence electrons. The fourth-order valence-electron chi connectivity index (χ4n) is 2.22. The number of benzene rings is 1. The molecule has 3 heteroatoms. The minimum atomic E-state index is 0.000579. The predicted octanol–water partition coefficient (Wildman–Crippen LogP) is 2.73. The SMILES string of the molecule is Cc1cc(O)c(Cl)c(C2(C(C)N)CC2)c1. The van der Waals surface area contributed by atoms with Gasteiger partial charge in [-0.3, -0.25) is 0 Å². The van der Waals surface area contributed by atoms with Gasteiger partial charge in [0.1, 0.15) is 5.75 Å². The summed E-state index contributed by atoms with van der Waals surface area (Å²) in [5.74, 6) is 0.165. The summed E-state index contributed by atoms with van der Waals surface area (Å²) in [7, 11) is 0. The number of rotatable bonds is 2. The van der Waals surface area contributed by atoms with Gasteiger partial charge in [-0.1, -0.05) is 17.7 Å². The van der Waals surface area contributed by atoms with E-state index in [0.717, 1.165) is 24.0 Å². The molecule has 1 aromatic rings. The van der Waals surface area contributed by atoms with Crippen molar-refractivity contribution >= 4 is 11.6 Å². The summed E-state index contributed by atoms with van der Waals surface area (Å²) in [5, 5.41) is 10.1. The zero-order chi connectivity index (χ0) is 11.2. The zero-order valence-corrected chi connectivity index (χ0v) is 9.80. The molecule has 15 heavy (non-hydrogen) atoms. The Labute approximate surface area is 95.1 Å². The van der Waals surface area contributed by atoms with Crippen molar-refractivity contribution in [1.29, 1.82) is 0 Å². The van der Waals surface area contributed by atoms with Crippen molar-refractivity contribution in [2.75, 3.05) is 0 Å². The van der Waals surface area contributed by atoms with Crippen LogP contribution in [0.15, 0.2) is 12.1 Å². The van der Waals surface area contributed by atoms with Crippen molar-refractivity contribution in [3.05, 3.63) is 28.3 Å². The Bertz CT molecular complexity index is 397. The lowest BCUT2D eigenvalue weighted by Crippen LogP contribution is -2.31. The summed E-state index contributed by atoms with van der Waals surface area (Å²) in [6, 6.07) is 3.80. The Morgan fingerprint density at radius 2 is 2.07 bits per heavy atom. The number of halogens is 1. The number of phenolic OH excluding ortho intramolecular Hbond substituents is 1. The molecule has 2 nitrogen and oxygen atoms in total. The number of phenols is 1. The van der Waals surface area contributed by atoms with E-state index < -0.39 is 0 Å². The third kappa shape index (κ3) is 1.62. The van der Waals surface area contributed by atoms with E-state index in [0.29, 0.717) is 5.02 Å². The van der Waals surface area contributed by atoms with Gasteiger partial charge in [-0.25, -0.2) is 0 Å². The van der Waals surface area contributed by atoms with Crippen molar-refractivity contribution in [2.24, 2.45) is 5.73 Å². The quantitative estimate of drug-likeness (QED) is 0.813. The van der Waals surface area contributed by atoms with Gasteiger partial charge in [0.15, 0.2) is 0 Å². The van der Waals surface area contributed by atoms with Crippen molar-refractivity contribution in [2.45, 2.75) is 38.1 Å². The highest BCUT2D eigenvalue weighted by atomic mass is 35.5. The van der Waals surface area contributed by atoms with Crippen LogP contribution in [-0.2, 0) is 5.41 Å². The van der Waals surface area contributed by atoms with Gasteiger partial charge >= 0.3 is 0 Å². The molecule has 0 bridgehead atoms. The van der Waals surface area contributed by atoms with E-state index in [-0.39, 0.29) is 17.2 Å². The molecule has 0 radical (unpaired) electrons. The van der Waals surface area contributed by atoms with Crippen LogP contribution in [0.4, 0.5) is 0 Å². The maximum atomic E-state index is 9.68. The van der Waals surface area contributed by atoms with Gasteiger partial charge in [-0.05, 0) is 43.9 Å². The van der Waals surface area contributed by atoms with Crippen molar-refractivity contribution in [1.82, 2.24) is 0 Å². The molecule has 2 rings (SSSR count). The summed E-state index contributed by atoms with van der Waals surface area (Å²) < 4.78 is 0. The van der Waals surface area contributed by atoms with E-state index in [9.17, 15) is 5.11 Å². The zero-order valence-electron chi connectivity index (χ0n) is 9.05. The van der Waals surface area contributed by atoms with Gasteiger partial charge < -0.3 is 10.8 Å². The maximum Gasteiger partial charge on any atom is 0.134 e. The van der Waals surface area contributed by atoms with Gasteiger partial charge in [0.25, 0.3) is 0 Å². The second kappa shape index (κ2) is 3.39. The van der Waals surface area contributed by atoms with E-state index in [4.69, 9.17) is 17.3 Å². The monoisotopic (exact) mass is 225 g/mol. The fourth-order valence-corrected chi connectivity index (χ4v) is 2.51. The minimum absolute atomic E-state index is 0.000579. The van der Waals surface area contributed by atoms with Crippen LogP contribution in [0.1, 0.15) is 30.9 Å². The molecule has 0 aromatic heterocycles. The van der Waals surface area contributed by atoms with E-state index in [1.807, 2.05) is 19.9 Å². The Morgan fingerprint density at radius 3 is 2.53 bits per heavy atom. The van der Waals surface area contributed by atoms with Crippen LogP contribution in [0, 0.1) is 6.92 Å². The Morgan fingerprint density at radius 1 is 1.47 bits per heavy atom. The predicted molar refractivity (Wildman–Crippen MR) is 62.4 cm³/mol. The normalized spacial score (nSPS) is 20.0. The Hall–Kier alpha value is -0.730. The molecule has 0 spiro atoms. The number of nitrogens with two attached hydrogens (primary N) is 1. The van der Waals surface area contributed by atoms with Crippen LogP contribution >= 0.6 is 11.6 Å². The van der Waals surface area contributed by atoms with Crippen LogP contribution in [-0.4, -0.2) is 11.1 Å². The smallest absolute Gasteiger partial charge is 0.134 e. The highest BCUT2D eigenvalue weighted by Crippen LogP contribution is 2.53. The van der Waals surface area contributed by atoms with Crippen molar-refractivity contribution in [3.8, 4) is 5.75 Å². The first kappa shape index (κ1) is 10.8. The highest BCUT2D eigenvalue weighted by Gasteiger charge is 2.48. The molecule has 0 aliphatic heterocycles. The lowest BCUT2D eigenvalue weighted by Gasteiger charge is -2.22. The molecule has 1 unspecified atom stereocenters. The molecule has 1 fully saturated rings. The number of aromatic hydroxyl groups is 1. The summed E-state index contributed by atoms with van der Waals surface area (Å²) in [4.78, 5) is 0. The topological polar surface area (TPSA) is 46.2 Å². The van der Waals surface area contributed by atoms with E-state index in [2.05, 4.69) is 0 Å². The molecular formula is C12H16ClNO. The van der Waals surface area contributed by atoms with Crippen LogP contribution in [0.25, 0.3) is 0 Å². The molecule has 0 amide bonds. The molecule has 1 aliphatic carbocycles. The molecule has 0 heterocycles. The van der Waals surface area contributed by atoms with Crippen LogP contribution < -0.4 is 5.73 Å². The molecule has 0 saturated heterocycles. The second-order valence-corrected chi connectivity index (χ2v) is 4.97. The second-order valence-electron chi connectivity index (χ2n) is 4.59. The lowest BCUT2D eigenvalue weighted by atomic mass is 9.88. The van der Waals surface area contributed by atoms with Crippen molar-refractivity contribution in [3.63, 3.8) is 0 Å². The molecule has 3 N–H and O–H groups in total. The summed E-state index contributed by atoms with van der Waals surface area (Å²) in [5.41, 5.74) is 8.03. The van der Waals surface area contributed by atoms with Gasteiger partial charge in [0.05, 0.1) is 5.02 Å². The average Bonchev–Trinajstić information content (AvgIpc) is 2.91. The number of hydrogen-bond donors (Lipinski definition) is 2. The maximum absolute atomic E-state index is 9.68. The number of aryl methyl sites for hydroxylation is 1.